The van der Waals surface area contributed by atoms with Gasteiger partial charge in [-0.25, -0.2) is 9.18 Å². The first-order chi connectivity index (χ1) is 12.0. The third-order valence-corrected chi connectivity index (χ3v) is 4.17. The van der Waals surface area contributed by atoms with Crippen molar-refractivity contribution in [1.82, 2.24) is 10.6 Å². The molecule has 0 aromatic heterocycles. The van der Waals surface area contributed by atoms with E-state index in [0.717, 1.165) is 5.56 Å². The van der Waals surface area contributed by atoms with Crippen molar-refractivity contribution in [1.29, 1.82) is 0 Å². The molecule has 0 bridgehead atoms. The zero-order chi connectivity index (χ0) is 17.8. The van der Waals surface area contributed by atoms with Gasteiger partial charge in [-0.2, -0.15) is 0 Å². The van der Waals surface area contributed by atoms with E-state index < -0.39 is 0 Å². The maximum absolute atomic E-state index is 13.0. The molecule has 2 aromatic rings. The normalized spacial score (nSPS) is 16.8. The van der Waals surface area contributed by atoms with Crippen LogP contribution in [0.25, 0.3) is 0 Å². The lowest BCUT2D eigenvalue weighted by molar-refractivity contribution is -0.117. The highest BCUT2D eigenvalue weighted by molar-refractivity contribution is 5.96. The van der Waals surface area contributed by atoms with Gasteiger partial charge in [0.2, 0.25) is 5.91 Å². The molecule has 3 amide bonds. The van der Waals surface area contributed by atoms with Gasteiger partial charge in [-0.1, -0.05) is 29.8 Å². The van der Waals surface area contributed by atoms with Crippen LogP contribution in [0.2, 0.25) is 0 Å². The zero-order valence-corrected chi connectivity index (χ0v) is 14.0. The Bertz CT molecular complexity index is 759. The van der Waals surface area contributed by atoms with Gasteiger partial charge < -0.3 is 15.5 Å². The van der Waals surface area contributed by atoms with E-state index in [4.69, 9.17) is 0 Å². The van der Waals surface area contributed by atoms with Crippen molar-refractivity contribution in [3.05, 3.63) is 65.5 Å². The van der Waals surface area contributed by atoms with Crippen molar-refractivity contribution >= 4 is 17.6 Å². The molecule has 3 rings (SSSR count). The highest BCUT2D eigenvalue weighted by Crippen LogP contribution is 2.21. The Balaban J connectivity index is 1.51. The molecule has 0 saturated carbocycles. The van der Waals surface area contributed by atoms with Crippen LogP contribution in [0, 0.1) is 12.7 Å². The largest absolute Gasteiger partial charge is 0.334 e. The predicted octanol–water partition coefficient (Wildman–Crippen LogP) is 2.74. The van der Waals surface area contributed by atoms with Crippen molar-refractivity contribution in [3.8, 4) is 0 Å². The minimum atomic E-state index is -0.347. The molecule has 0 aliphatic carbocycles. The van der Waals surface area contributed by atoms with Crippen LogP contribution in [-0.4, -0.2) is 24.5 Å². The Kier molecular flexibility index (Phi) is 4.97. The Morgan fingerprint density at radius 2 is 1.84 bits per heavy atom. The fourth-order valence-electron chi connectivity index (χ4n) is 2.80. The Morgan fingerprint density at radius 3 is 2.52 bits per heavy atom. The summed E-state index contributed by atoms with van der Waals surface area (Å²) in [4.78, 5) is 25.7. The number of aryl methyl sites for hydroxylation is 1. The maximum Gasteiger partial charge on any atom is 0.315 e. The van der Waals surface area contributed by atoms with Gasteiger partial charge in [-0.3, -0.25) is 4.79 Å². The summed E-state index contributed by atoms with van der Waals surface area (Å²) in [5, 5.41) is 5.61. The third-order valence-electron chi connectivity index (χ3n) is 4.17. The number of carbonyl (C=O) groups is 2. The van der Waals surface area contributed by atoms with Crippen molar-refractivity contribution < 1.29 is 14.0 Å². The molecular weight excluding hydrogens is 321 g/mol. The average molecular weight is 341 g/mol. The van der Waals surface area contributed by atoms with Crippen LogP contribution >= 0.6 is 0 Å². The molecular formula is C19H20FN3O2. The van der Waals surface area contributed by atoms with Crippen LogP contribution in [0.4, 0.5) is 14.9 Å². The first kappa shape index (κ1) is 17.0. The van der Waals surface area contributed by atoms with Gasteiger partial charge in [0.15, 0.2) is 0 Å². The van der Waals surface area contributed by atoms with Crippen molar-refractivity contribution in [2.45, 2.75) is 25.9 Å². The standard InChI is InChI=1S/C19H20FN3O2/c1-13-2-4-14(5-3-13)11-21-19(25)22-16-10-18(24)23(12-16)17-8-6-15(20)7-9-17/h2-9,16H,10-12H2,1H3,(H2,21,22,25)/t16-/m1/s1. The SMILES string of the molecule is Cc1ccc(CNC(=O)N[C@@H]2CC(=O)N(c3ccc(F)cc3)C2)cc1. The average Bonchev–Trinajstić information content (AvgIpc) is 2.95. The second kappa shape index (κ2) is 7.34. The summed E-state index contributed by atoms with van der Waals surface area (Å²) in [6, 6.07) is 13.1. The minimum Gasteiger partial charge on any atom is -0.334 e. The molecule has 1 heterocycles. The summed E-state index contributed by atoms with van der Waals surface area (Å²) < 4.78 is 13.0. The predicted molar refractivity (Wildman–Crippen MR) is 93.7 cm³/mol. The molecule has 2 N–H and O–H groups in total. The summed E-state index contributed by atoms with van der Waals surface area (Å²) in [5.74, 6) is -0.434. The number of amides is 3. The molecule has 1 aliphatic rings. The Hall–Kier alpha value is -2.89. The number of carbonyl (C=O) groups excluding carboxylic acids is 2. The van der Waals surface area contributed by atoms with Gasteiger partial charge in [0.05, 0.1) is 6.04 Å². The fraction of sp³-hybridized carbons (Fsp3) is 0.263. The van der Waals surface area contributed by atoms with E-state index in [2.05, 4.69) is 10.6 Å². The molecule has 130 valence electrons. The lowest BCUT2D eigenvalue weighted by Crippen LogP contribution is -2.43. The number of hydrogen-bond acceptors (Lipinski definition) is 2. The van der Waals surface area contributed by atoms with Crippen molar-refractivity contribution in [2.75, 3.05) is 11.4 Å². The van der Waals surface area contributed by atoms with Gasteiger partial charge in [0.1, 0.15) is 5.82 Å². The van der Waals surface area contributed by atoms with Crippen LogP contribution in [0.1, 0.15) is 17.5 Å². The van der Waals surface area contributed by atoms with Gasteiger partial charge in [0, 0.05) is 25.2 Å². The first-order valence-electron chi connectivity index (χ1n) is 8.17. The molecule has 6 heteroatoms. The lowest BCUT2D eigenvalue weighted by Gasteiger charge is -2.17. The van der Waals surface area contributed by atoms with E-state index in [0.29, 0.717) is 18.8 Å². The lowest BCUT2D eigenvalue weighted by atomic mass is 10.1. The van der Waals surface area contributed by atoms with Crippen LogP contribution < -0.4 is 15.5 Å². The summed E-state index contributed by atoms with van der Waals surface area (Å²) in [7, 11) is 0. The minimum absolute atomic E-state index is 0.0876. The van der Waals surface area contributed by atoms with E-state index in [9.17, 15) is 14.0 Å². The summed E-state index contributed by atoms with van der Waals surface area (Å²) in [6.45, 7) is 2.81. The number of benzene rings is 2. The molecule has 1 saturated heterocycles. The Morgan fingerprint density at radius 1 is 1.16 bits per heavy atom. The molecule has 1 fully saturated rings. The maximum atomic E-state index is 13.0. The summed E-state index contributed by atoms with van der Waals surface area (Å²) in [6.07, 6.45) is 0.231. The highest BCUT2D eigenvalue weighted by atomic mass is 19.1. The van der Waals surface area contributed by atoms with Crippen LogP contribution in [-0.2, 0) is 11.3 Å². The molecule has 2 aromatic carbocycles. The monoisotopic (exact) mass is 341 g/mol. The first-order valence-corrected chi connectivity index (χ1v) is 8.17. The number of nitrogens with one attached hydrogen (secondary N) is 2. The number of anilines is 1. The zero-order valence-electron chi connectivity index (χ0n) is 14.0. The van der Waals surface area contributed by atoms with Gasteiger partial charge in [-0.15, -0.1) is 0 Å². The fourth-order valence-corrected chi connectivity index (χ4v) is 2.80. The van der Waals surface area contributed by atoms with Gasteiger partial charge in [0.25, 0.3) is 0 Å². The molecule has 0 radical (unpaired) electrons. The summed E-state index contributed by atoms with van der Waals surface area (Å²) >= 11 is 0. The van der Waals surface area contributed by atoms with E-state index >= 15 is 0 Å². The number of urea groups is 1. The van der Waals surface area contributed by atoms with Gasteiger partial charge >= 0.3 is 6.03 Å². The quantitative estimate of drug-likeness (QED) is 0.898. The number of hydrogen-bond donors (Lipinski definition) is 2. The van der Waals surface area contributed by atoms with Crippen LogP contribution in [0.15, 0.2) is 48.5 Å². The highest BCUT2D eigenvalue weighted by Gasteiger charge is 2.31. The van der Waals surface area contributed by atoms with E-state index in [1.54, 1.807) is 17.0 Å². The topological polar surface area (TPSA) is 61.4 Å². The molecule has 1 aliphatic heterocycles. The number of nitrogens with zero attached hydrogens (tertiary/aromatic N) is 1. The van der Waals surface area contributed by atoms with Crippen molar-refractivity contribution in [3.63, 3.8) is 0 Å². The Labute approximate surface area is 145 Å². The number of halogens is 1. The molecule has 5 nitrogen and oxygen atoms in total. The smallest absolute Gasteiger partial charge is 0.315 e. The van der Waals surface area contributed by atoms with E-state index in [1.807, 2.05) is 31.2 Å². The third kappa shape index (κ3) is 4.35. The summed E-state index contributed by atoms with van der Waals surface area (Å²) in [5.41, 5.74) is 2.81. The molecule has 1 atom stereocenters. The molecule has 0 spiro atoms. The molecule has 0 unspecified atom stereocenters. The van der Waals surface area contributed by atoms with Crippen LogP contribution in [0.3, 0.4) is 0 Å². The van der Waals surface area contributed by atoms with E-state index in [1.165, 1.54) is 17.7 Å². The number of rotatable bonds is 4. The second-order valence-corrected chi connectivity index (χ2v) is 6.19. The second-order valence-electron chi connectivity index (χ2n) is 6.19. The molecule has 25 heavy (non-hydrogen) atoms. The van der Waals surface area contributed by atoms with Crippen LogP contribution in [0.5, 0.6) is 0 Å². The van der Waals surface area contributed by atoms with Gasteiger partial charge in [-0.05, 0) is 36.8 Å². The van der Waals surface area contributed by atoms with E-state index in [-0.39, 0.29) is 30.2 Å². The van der Waals surface area contributed by atoms with Crippen molar-refractivity contribution in [2.24, 2.45) is 0 Å².